The highest BCUT2D eigenvalue weighted by Gasteiger charge is 2.37. The van der Waals surface area contributed by atoms with Gasteiger partial charge >= 0.3 is 11.1 Å². The van der Waals surface area contributed by atoms with E-state index in [9.17, 15) is 9.59 Å². The van der Waals surface area contributed by atoms with Crippen LogP contribution in [0.1, 0.15) is 25.3 Å². The fraction of sp³-hybridized carbons (Fsp3) is 0.300. The molecule has 1 aromatic heterocycles. The Hall–Kier alpha value is -2.31. The van der Waals surface area contributed by atoms with Crippen molar-refractivity contribution in [2.45, 2.75) is 36.7 Å². The molecule has 0 bridgehead atoms. The molecule has 4 rings (SSSR count). The number of nitrogens with zero attached hydrogens (tertiary/aromatic N) is 2. The highest BCUT2D eigenvalue weighted by Crippen LogP contribution is 2.37. The summed E-state index contributed by atoms with van der Waals surface area (Å²) in [5.74, 6) is 0. The van der Waals surface area contributed by atoms with Gasteiger partial charge in [0.2, 0.25) is 0 Å². The second-order valence-corrected chi connectivity index (χ2v) is 8.04. The molecule has 1 N–H and O–H groups in total. The van der Waals surface area contributed by atoms with Crippen molar-refractivity contribution in [2.24, 2.45) is 7.05 Å². The molecule has 1 aliphatic rings. The lowest BCUT2D eigenvalue weighted by Crippen LogP contribution is -2.40. The fourth-order valence-electron chi connectivity index (χ4n) is 2.94. The molecule has 5 nitrogen and oxygen atoms in total. The van der Waals surface area contributed by atoms with E-state index in [0.717, 1.165) is 21.5 Å². The lowest BCUT2D eigenvalue weighted by atomic mass is 10.2. The summed E-state index contributed by atoms with van der Waals surface area (Å²) in [4.78, 5) is 26.0. The molecule has 1 saturated carbocycles. The molecular weight excluding hydrogens is 346 g/mol. The molecule has 0 spiro atoms. The van der Waals surface area contributed by atoms with Gasteiger partial charge in [-0.2, -0.15) is 0 Å². The summed E-state index contributed by atoms with van der Waals surface area (Å²) in [7, 11) is 1.66. The number of aromatic nitrogens is 2. The van der Waals surface area contributed by atoms with Crippen LogP contribution < -0.4 is 15.8 Å². The Morgan fingerprint density at radius 3 is 2.46 bits per heavy atom. The van der Waals surface area contributed by atoms with Crippen LogP contribution in [0.2, 0.25) is 0 Å². The molecule has 0 saturated heterocycles. The van der Waals surface area contributed by atoms with Crippen molar-refractivity contribution in [1.29, 1.82) is 0 Å². The van der Waals surface area contributed by atoms with Crippen LogP contribution in [0.15, 0.2) is 63.0 Å². The van der Waals surface area contributed by atoms with Gasteiger partial charge in [-0.05, 0) is 55.5 Å². The normalized spacial score (nSPS) is 15.3. The minimum absolute atomic E-state index is 0.220. The van der Waals surface area contributed by atoms with Crippen molar-refractivity contribution in [1.82, 2.24) is 13.9 Å². The number of benzene rings is 2. The van der Waals surface area contributed by atoms with Crippen LogP contribution in [-0.2, 0) is 13.6 Å². The molecule has 134 valence electrons. The first-order valence-corrected chi connectivity index (χ1v) is 9.50. The van der Waals surface area contributed by atoms with Crippen LogP contribution in [0.25, 0.3) is 11.0 Å². The lowest BCUT2D eigenvalue weighted by molar-refractivity contribution is 0.701. The summed E-state index contributed by atoms with van der Waals surface area (Å²) < 4.78 is 6.49. The summed E-state index contributed by atoms with van der Waals surface area (Å²) in [6.45, 7) is 2.59. The van der Waals surface area contributed by atoms with Crippen LogP contribution in [-0.4, -0.2) is 14.7 Å². The second-order valence-electron chi connectivity index (χ2n) is 7.16. The monoisotopic (exact) mass is 367 g/mol. The molecule has 0 atom stereocenters. The number of aryl methyl sites for hydroxylation is 1. The zero-order valence-corrected chi connectivity index (χ0v) is 15.7. The molecule has 2 aromatic carbocycles. The smallest absolute Gasteiger partial charge is 0.305 e. The van der Waals surface area contributed by atoms with Gasteiger partial charge in [0.1, 0.15) is 0 Å². The Balaban J connectivity index is 1.78. The maximum absolute atomic E-state index is 12.6. The molecule has 0 aliphatic heterocycles. The Morgan fingerprint density at radius 2 is 1.77 bits per heavy atom. The van der Waals surface area contributed by atoms with Gasteiger partial charge in [-0.25, -0.2) is 0 Å². The van der Waals surface area contributed by atoms with Crippen LogP contribution >= 0.6 is 11.9 Å². The quantitative estimate of drug-likeness (QED) is 0.556. The van der Waals surface area contributed by atoms with E-state index >= 15 is 0 Å². The predicted molar refractivity (Wildman–Crippen MR) is 106 cm³/mol. The van der Waals surface area contributed by atoms with Gasteiger partial charge < -0.3 is 4.57 Å². The summed E-state index contributed by atoms with van der Waals surface area (Å²) in [5.41, 5.74) is 1.75. The molecule has 0 radical (unpaired) electrons. The SMILES string of the molecule is Cn1c(=O)c(=O)n(Cc2ccccc2)c2ccc(SNC3(C)CC3)cc21. The minimum atomic E-state index is -0.502. The molecule has 6 heteroatoms. The molecule has 1 aliphatic carbocycles. The number of rotatable bonds is 5. The highest BCUT2D eigenvalue weighted by molar-refractivity contribution is 7.97. The lowest BCUT2D eigenvalue weighted by Gasteiger charge is -2.15. The molecule has 0 unspecified atom stereocenters. The average Bonchev–Trinajstić information content (AvgIpc) is 3.40. The molecule has 0 amide bonds. The molecule has 3 aromatic rings. The van der Waals surface area contributed by atoms with Gasteiger partial charge in [-0.15, -0.1) is 0 Å². The van der Waals surface area contributed by atoms with E-state index in [-0.39, 0.29) is 5.54 Å². The third-order valence-electron chi connectivity index (χ3n) is 4.93. The van der Waals surface area contributed by atoms with Gasteiger partial charge in [0.05, 0.1) is 17.6 Å². The Morgan fingerprint density at radius 1 is 1.04 bits per heavy atom. The maximum Gasteiger partial charge on any atom is 0.317 e. The summed E-state index contributed by atoms with van der Waals surface area (Å²) >= 11 is 1.58. The zero-order chi connectivity index (χ0) is 18.3. The van der Waals surface area contributed by atoms with Crippen molar-refractivity contribution >= 4 is 23.0 Å². The summed E-state index contributed by atoms with van der Waals surface area (Å²) in [6.07, 6.45) is 2.37. The van der Waals surface area contributed by atoms with Crippen molar-refractivity contribution in [3.63, 3.8) is 0 Å². The molecule has 1 fully saturated rings. The van der Waals surface area contributed by atoms with Gasteiger partial charge in [0.25, 0.3) is 0 Å². The first-order chi connectivity index (χ1) is 12.5. The topological polar surface area (TPSA) is 56.0 Å². The minimum Gasteiger partial charge on any atom is -0.305 e. The third kappa shape index (κ3) is 3.22. The second kappa shape index (κ2) is 6.45. The average molecular weight is 367 g/mol. The van der Waals surface area contributed by atoms with E-state index < -0.39 is 11.1 Å². The third-order valence-corrected chi connectivity index (χ3v) is 6.02. The Kier molecular flexibility index (Phi) is 4.25. The van der Waals surface area contributed by atoms with Crippen molar-refractivity contribution in [2.75, 3.05) is 0 Å². The first kappa shape index (κ1) is 17.1. The van der Waals surface area contributed by atoms with Crippen LogP contribution in [0.5, 0.6) is 0 Å². The van der Waals surface area contributed by atoms with Crippen LogP contribution in [0.4, 0.5) is 0 Å². The largest absolute Gasteiger partial charge is 0.317 e. The van der Waals surface area contributed by atoms with Crippen LogP contribution in [0, 0.1) is 0 Å². The van der Waals surface area contributed by atoms with E-state index in [1.807, 2.05) is 48.5 Å². The predicted octanol–water partition coefficient (Wildman–Crippen LogP) is 2.90. The zero-order valence-electron chi connectivity index (χ0n) is 14.9. The van der Waals surface area contributed by atoms with Gasteiger partial charge in [0, 0.05) is 17.5 Å². The Bertz CT molecular complexity index is 1080. The number of fused-ring (bicyclic) bond motifs is 1. The number of hydrogen-bond donors (Lipinski definition) is 1. The Labute approximate surface area is 155 Å². The summed E-state index contributed by atoms with van der Waals surface area (Å²) in [6, 6.07) is 15.6. The molecule has 26 heavy (non-hydrogen) atoms. The van der Waals surface area contributed by atoms with Gasteiger partial charge in [0.15, 0.2) is 0 Å². The van der Waals surface area contributed by atoms with E-state index in [2.05, 4.69) is 11.6 Å². The van der Waals surface area contributed by atoms with Gasteiger partial charge in [-0.3, -0.25) is 18.9 Å². The molecular formula is C20H21N3O2S. The van der Waals surface area contributed by atoms with Crippen LogP contribution in [0.3, 0.4) is 0 Å². The van der Waals surface area contributed by atoms with Crippen molar-refractivity contribution in [3.8, 4) is 0 Å². The summed E-state index contributed by atoms with van der Waals surface area (Å²) in [5, 5.41) is 0. The fourth-order valence-corrected chi connectivity index (χ4v) is 3.81. The first-order valence-electron chi connectivity index (χ1n) is 8.68. The van der Waals surface area contributed by atoms with E-state index in [1.165, 1.54) is 17.4 Å². The van der Waals surface area contributed by atoms with E-state index in [4.69, 9.17) is 0 Å². The van der Waals surface area contributed by atoms with E-state index in [0.29, 0.717) is 6.54 Å². The van der Waals surface area contributed by atoms with Crippen molar-refractivity contribution < 1.29 is 0 Å². The van der Waals surface area contributed by atoms with Gasteiger partial charge in [-0.1, -0.05) is 30.3 Å². The number of hydrogen-bond acceptors (Lipinski definition) is 4. The van der Waals surface area contributed by atoms with Crippen molar-refractivity contribution in [3.05, 3.63) is 74.8 Å². The van der Waals surface area contributed by atoms with E-state index in [1.54, 1.807) is 23.6 Å². The highest BCUT2D eigenvalue weighted by atomic mass is 32.2. The standard InChI is InChI=1S/C20H21N3O2S/c1-20(10-11-20)21-26-15-8-9-16-17(12-15)22(2)18(24)19(25)23(16)13-14-6-4-3-5-7-14/h3-9,12,21H,10-11,13H2,1-2H3. The maximum atomic E-state index is 12.6. The number of nitrogens with one attached hydrogen (secondary N) is 1. The molecule has 1 heterocycles.